The average molecular weight is 266 g/mol. The fraction of sp³-hybridized carbons (Fsp3) is 0.500. The van der Waals surface area contributed by atoms with E-state index in [9.17, 15) is 4.79 Å². The smallest absolute Gasteiger partial charge is 0.229 e. The number of hydrogen-bond donors (Lipinski definition) is 2. The highest BCUT2D eigenvalue weighted by atomic mass is 32.2. The summed E-state index contributed by atoms with van der Waals surface area (Å²) < 4.78 is 0. The fourth-order valence-electron chi connectivity index (χ4n) is 1.61. The van der Waals surface area contributed by atoms with Crippen LogP contribution in [0.3, 0.4) is 0 Å². The van der Waals surface area contributed by atoms with Crippen molar-refractivity contribution in [1.82, 2.24) is 5.32 Å². The highest BCUT2D eigenvalue weighted by Crippen LogP contribution is 2.11. The van der Waals surface area contributed by atoms with Gasteiger partial charge in [0.2, 0.25) is 5.91 Å². The molecule has 18 heavy (non-hydrogen) atoms. The van der Waals surface area contributed by atoms with Crippen molar-refractivity contribution in [2.24, 2.45) is 0 Å². The molecule has 0 unspecified atom stereocenters. The highest BCUT2D eigenvalue weighted by Gasteiger charge is 2.00. The summed E-state index contributed by atoms with van der Waals surface area (Å²) in [6, 6.07) is 7.99. The van der Waals surface area contributed by atoms with Gasteiger partial charge in [0.25, 0.3) is 0 Å². The van der Waals surface area contributed by atoms with Gasteiger partial charge in [0.15, 0.2) is 0 Å². The van der Waals surface area contributed by atoms with Gasteiger partial charge >= 0.3 is 0 Å². The number of amides is 1. The lowest BCUT2D eigenvalue weighted by Crippen LogP contribution is -2.25. The lowest BCUT2D eigenvalue weighted by molar-refractivity contribution is -0.118. The van der Waals surface area contributed by atoms with Crippen LogP contribution in [0.25, 0.3) is 0 Å². The monoisotopic (exact) mass is 266 g/mol. The summed E-state index contributed by atoms with van der Waals surface area (Å²) >= 11 is 1.69. The summed E-state index contributed by atoms with van der Waals surface area (Å²) in [4.78, 5) is 11.3. The second-order valence-corrected chi connectivity index (χ2v) is 5.36. The van der Waals surface area contributed by atoms with E-state index in [0.29, 0.717) is 5.75 Å². The van der Waals surface area contributed by atoms with Gasteiger partial charge in [-0.15, -0.1) is 0 Å². The minimum Gasteiger partial charge on any atom is -0.399 e. The molecule has 3 N–H and O–H groups in total. The molecule has 0 saturated heterocycles. The van der Waals surface area contributed by atoms with E-state index in [1.807, 2.05) is 18.2 Å². The molecule has 0 aliphatic rings. The second kappa shape index (κ2) is 8.86. The number of nitrogens with two attached hydrogens (primary N) is 1. The summed E-state index contributed by atoms with van der Waals surface area (Å²) in [6.07, 6.45) is 3.09. The molecule has 100 valence electrons. The third-order valence-corrected chi connectivity index (χ3v) is 3.55. The molecule has 0 aliphatic carbocycles. The molecule has 0 bridgehead atoms. The Morgan fingerprint density at radius 1 is 1.44 bits per heavy atom. The van der Waals surface area contributed by atoms with Crippen molar-refractivity contribution < 1.29 is 4.79 Å². The molecule has 4 heteroatoms. The van der Waals surface area contributed by atoms with Crippen molar-refractivity contribution in [1.29, 1.82) is 0 Å². The van der Waals surface area contributed by atoms with Crippen LogP contribution >= 0.6 is 11.8 Å². The number of nitrogens with one attached hydrogen (secondary N) is 1. The molecule has 1 aromatic rings. The zero-order chi connectivity index (χ0) is 13.2. The topological polar surface area (TPSA) is 55.1 Å². The van der Waals surface area contributed by atoms with Gasteiger partial charge in [-0.05, 0) is 42.7 Å². The molecular formula is C14H22N2OS. The first-order chi connectivity index (χ1) is 8.72. The summed E-state index contributed by atoms with van der Waals surface area (Å²) in [7, 11) is 0. The molecule has 0 aromatic heterocycles. The Balaban J connectivity index is 2.07. The largest absolute Gasteiger partial charge is 0.399 e. The standard InChI is InChI=1S/C14H22N2OS/c1-2-8-16-14(17)11-18-9-4-6-12-5-3-7-13(15)10-12/h3,5,7,10H,2,4,6,8-9,11,15H2,1H3,(H,16,17). The quantitative estimate of drug-likeness (QED) is 0.561. The van der Waals surface area contributed by atoms with Gasteiger partial charge in [-0.25, -0.2) is 0 Å². The number of aryl methyl sites for hydroxylation is 1. The number of anilines is 1. The third kappa shape index (κ3) is 6.55. The zero-order valence-corrected chi connectivity index (χ0v) is 11.8. The molecule has 0 atom stereocenters. The Morgan fingerprint density at radius 2 is 2.28 bits per heavy atom. The van der Waals surface area contributed by atoms with Gasteiger partial charge < -0.3 is 11.1 Å². The molecule has 0 radical (unpaired) electrons. The van der Waals surface area contributed by atoms with Crippen molar-refractivity contribution in [3.63, 3.8) is 0 Å². The van der Waals surface area contributed by atoms with E-state index in [-0.39, 0.29) is 5.91 Å². The number of carbonyl (C=O) groups is 1. The van der Waals surface area contributed by atoms with Crippen molar-refractivity contribution in [3.05, 3.63) is 29.8 Å². The summed E-state index contributed by atoms with van der Waals surface area (Å²) in [6.45, 7) is 2.83. The van der Waals surface area contributed by atoms with E-state index in [0.717, 1.165) is 37.2 Å². The number of nitrogen functional groups attached to an aromatic ring is 1. The maximum absolute atomic E-state index is 11.3. The predicted molar refractivity (Wildman–Crippen MR) is 79.8 cm³/mol. The Hall–Kier alpha value is -1.16. The molecule has 1 rings (SSSR count). The van der Waals surface area contributed by atoms with Crippen LogP contribution in [0.1, 0.15) is 25.3 Å². The van der Waals surface area contributed by atoms with Crippen molar-refractivity contribution >= 4 is 23.4 Å². The van der Waals surface area contributed by atoms with E-state index in [2.05, 4.69) is 18.3 Å². The minimum absolute atomic E-state index is 0.144. The number of carbonyl (C=O) groups excluding carboxylic acids is 1. The Kier molecular flexibility index (Phi) is 7.34. The predicted octanol–water partition coefficient (Wildman–Crippen LogP) is 2.46. The van der Waals surface area contributed by atoms with Gasteiger partial charge in [0.1, 0.15) is 0 Å². The van der Waals surface area contributed by atoms with Crippen LogP contribution in [0.5, 0.6) is 0 Å². The molecule has 0 spiro atoms. The number of hydrogen-bond acceptors (Lipinski definition) is 3. The maximum atomic E-state index is 11.3. The maximum Gasteiger partial charge on any atom is 0.229 e. The van der Waals surface area contributed by atoms with Crippen LogP contribution < -0.4 is 11.1 Å². The van der Waals surface area contributed by atoms with E-state index in [4.69, 9.17) is 5.73 Å². The molecular weight excluding hydrogens is 244 g/mol. The van der Waals surface area contributed by atoms with E-state index >= 15 is 0 Å². The lowest BCUT2D eigenvalue weighted by atomic mass is 10.1. The molecule has 3 nitrogen and oxygen atoms in total. The number of thioether (sulfide) groups is 1. The van der Waals surface area contributed by atoms with Crippen molar-refractivity contribution in [2.75, 3.05) is 23.8 Å². The zero-order valence-electron chi connectivity index (χ0n) is 10.9. The van der Waals surface area contributed by atoms with Crippen molar-refractivity contribution in [2.45, 2.75) is 26.2 Å². The number of benzene rings is 1. The molecule has 1 aromatic carbocycles. The average Bonchev–Trinajstić information content (AvgIpc) is 2.36. The first-order valence-corrected chi connectivity index (χ1v) is 7.56. The first-order valence-electron chi connectivity index (χ1n) is 6.41. The van der Waals surface area contributed by atoms with Crippen LogP contribution in [-0.4, -0.2) is 24.0 Å². The normalized spacial score (nSPS) is 10.3. The van der Waals surface area contributed by atoms with Crippen LogP contribution in [0.2, 0.25) is 0 Å². The SMILES string of the molecule is CCCNC(=O)CSCCCc1cccc(N)c1. The molecule has 0 saturated carbocycles. The van der Waals surface area contributed by atoms with E-state index in [1.165, 1.54) is 5.56 Å². The lowest BCUT2D eigenvalue weighted by Gasteiger charge is -2.04. The first kappa shape index (κ1) is 14.9. The second-order valence-electron chi connectivity index (χ2n) is 4.25. The minimum atomic E-state index is 0.144. The Labute approximate surface area is 114 Å². The molecule has 1 amide bonds. The summed E-state index contributed by atoms with van der Waals surface area (Å²) in [5, 5.41) is 2.87. The van der Waals surface area contributed by atoms with Crippen LogP contribution in [0.15, 0.2) is 24.3 Å². The van der Waals surface area contributed by atoms with Gasteiger partial charge in [-0.1, -0.05) is 19.1 Å². The summed E-state index contributed by atoms with van der Waals surface area (Å²) in [5.74, 6) is 1.72. The van der Waals surface area contributed by atoms with Crippen molar-refractivity contribution in [3.8, 4) is 0 Å². The van der Waals surface area contributed by atoms with E-state index in [1.54, 1.807) is 11.8 Å². The molecule has 0 heterocycles. The highest BCUT2D eigenvalue weighted by molar-refractivity contribution is 7.99. The molecule has 0 aliphatic heterocycles. The fourth-order valence-corrected chi connectivity index (χ4v) is 2.39. The van der Waals surface area contributed by atoms with Gasteiger partial charge in [-0.2, -0.15) is 11.8 Å². The van der Waals surface area contributed by atoms with Crippen LogP contribution in [0.4, 0.5) is 5.69 Å². The third-order valence-electron chi connectivity index (χ3n) is 2.51. The van der Waals surface area contributed by atoms with Crippen LogP contribution in [0, 0.1) is 0 Å². The Morgan fingerprint density at radius 3 is 3.00 bits per heavy atom. The number of rotatable bonds is 8. The Bertz CT molecular complexity index is 369. The van der Waals surface area contributed by atoms with Gasteiger partial charge in [-0.3, -0.25) is 4.79 Å². The van der Waals surface area contributed by atoms with Crippen LogP contribution in [-0.2, 0) is 11.2 Å². The molecule has 0 fully saturated rings. The summed E-state index contributed by atoms with van der Waals surface area (Å²) in [5.41, 5.74) is 7.81. The van der Waals surface area contributed by atoms with Gasteiger partial charge in [0, 0.05) is 12.2 Å². The van der Waals surface area contributed by atoms with Gasteiger partial charge in [0.05, 0.1) is 5.75 Å². The van der Waals surface area contributed by atoms with E-state index < -0.39 is 0 Å².